The number of carbonyl (C=O) groups excluding carboxylic acids is 2. The number of aromatic amines is 1. The summed E-state index contributed by atoms with van der Waals surface area (Å²) in [5.74, 6) is 0.0970. The number of amides is 1. The molecule has 0 radical (unpaired) electrons. The van der Waals surface area contributed by atoms with Gasteiger partial charge >= 0.3 is 0 Å². The van der Waals surface area contributed by atoms with Crippen molar-refractivity contribution in [2.24, 2.45) is 0 Å². The number of anilines is 1. The molecule has 2 aromatic carbocycles. The van der Waals surface area contributed by atoms with Gasteiger partial charge in [0, 0.05) is 67.5 Å². The minimum Gasteiger partial charge on any atom is -0.360 e. The predicted octanol–water partition coefficient (Wildman–Crippen LogP) is 2.48. The van der Waals surface area contributed by atoms with Crippen LogP contribution in [0.5, 0.6) is 0 Å². The first-order valence-electron chi connectivity index (χ1n) is 11.2. The van der Waals surface area contributed by atoms with Crippen molar-refractivity contribution in [1.29, 1.82) is 0 Å². The van der Waals surface area contributed by atoms with Crippen molar-refractivity contribution < 1.29 is 18.0 Å². The lowest BCUT2D eigenvalue weighted by Gasteiger charge is -2.33. The van der Waals surface area contributed by atoms with Gasteiger partial charge in [0.2, 0.25) is 15.9 Å². The first-order valence-corrected chi connectivity index (χ1v) is 12.6. The van der Waals surface area contributed by atoms with Crippen LogP contribution < -0.4 is 4.90 Å². The molecule has 2 saturated heterocycles. The molecule has 33 heavy (non-hydrogen) atoms. The number of rotatable bonds is 6. The number of fused-ring (bicyclic) bond motifs is 1. The van der Waals surface area contributed by atoms with E-state index in [9.17, 15) is 18.0 Å². The number of H-pyrrole nitrogens is 1. The van der Waals surface area contributed by atoms with Gasteiger partial charge in [-0.2, -0.15) is 4.31 Å². The number of nitrogens with zero attached hydrogens (tertiary/aromatic N) is 3. The summed E-state index contributed by atoms with van der Waals surface area (Å²) in [6.45, 7) is 2.57. The van der Waals surface area contributed by atoms with Gasteiger partial charge in [0.15, 0.2) is 5.78 Å². The van der Waals surface area contributed by atoms with E-state index in [-0.39, 0.29) is 23.1 Å². The van der Waals surface area contributed by atoms with E-state index in [1.807, 2.05) is 29.2 Å². The lowest BCUT2D eigenvalue weighted by atomic mass is 10.1. The van der Waals surface area contributed by atoms with E-state index < -0.39 is 10.0 Å². The molecular weight excluding hydrogens is 440 g/mol. The molecule has 5 rings (SSSR count). The summed E-state index contributed by atoms with van der Waals surface area (Å²) >= 11 is 0. The second-order valence-electron chi connectivity index (χ2n) is 8.49. The van der Waals surface area contributed by atoms with Crippen LogP contribution in [0.15, 0.2) is 59.6 Å². The smallest absolute Gasteiger partial charge is 0.243 e. The molecule has 1 aromatic heterocycles. The van der Waals surface area contributed by atoms with Crippen LogP contribution in [0.4, 0.5) is 5.69 Å². The molecule has 0 saturated carbocycles. The van der Waals surface area contributed by atoms with Gasteiger partial charge in [-0.1, -0.05) is 18.2 Å². The van der Waals surface area contributed by atoms with Crippen molar-refractivity contribution >= 4 is 38.3 Å². The van der Waals surface area contributed by atoms with Gasteiger partial charge in [0.25, 0.3) is 0 Å². The number of nitrogens with one attached hydrogen (secondary N) is 1. The Morgan fingerprint density at radius 2 is 1.67 bits per heavy atom. The van der Waals surface area contributed by atoms with Gasteiger partial charge in [0.1, 0.15) is 0 Å². The lowest BCUT2D eigenvalue weighted by Crippen LogP contribution is -2.49. The predicted molar refractivity (Wildman–Crippen MR) is 126 cm³/mol. The molecule has 2 aliphatic rings. The molecule has 1 amide bonds. The van der Waals surface area contributed by atoms with Gasteiger partial charge in [-0.05, 0) is 36.8 Å². The van der Waals surface area contributed by atoms with Crippen molar-refractivity contribution in [2.45, 2.75) is 17.7 Å². The highest BCUT2D eigenvalue weighted by molar-refractivity contribution is 7.89. The quantitative estimate of drug-likeness (QED) is 0.564. The summed E-state index contributed by atoms with van der Waals surface area (Å²) in [6.07, 6.45) is 3.10. The third kappa shape index (κ3) is 4.19. The Morgan fingerprint density at radius 1 is 0.939 bits per heavy atom. The number of sulfonamides is 1. The molecule has 172 valence electrons. The Morgan fingerprint density at radius 3 is 2.36 bits per heavy atom. The molecule has 0 bridgehead atoms. The number of hydrogen-bond acceptors (Lipinski definition) is 5. The van der Waals surface area contributed by atoms with Crippen molar-refractivity contribution in [2.75, 3.05) is 44.2 Å². The monoisotopic (exact) mass is 466 g/mol. The first kappa shape index (κ1) is 21.8. The number of aromatic nitrogens is 1. The molecule has 0 spiro atoms. The maximum atomic E-state index is 13.1. The number of para-hydroxylation sites is 1. The van der Waals surface area contributed by atoms with Crippen LogP contribution >= 0.6 is 0 Å². The average molecular weight is 467 g/mol. The maximum Gasteiger partial charge on any atom is 0.243 e. The summed E-state index contributed by atoms with van der Waals surface area (Å²) in [7, 11) is -3.63. The molecular formula is C24H26N4O4S. The van der Waals surface area contributed by atoms with E-state index in [4.69, 9.17) is 0 Å². The maximum absolute atomic E-state index is 13.1. The zero-order valence-corrected chi connectivity index (χ0v) is 19.1. The second-order valence-corrected chi connectivity index (χ2v) is 10.4. The normalized spacial score (nSPS) is 18.3. The van der Waals surface area contributed by atoms with Crippen LogP contribution in [0.3, 0.4) is 0 Å². The van der Waals surface area contributed by atoms with E-state index >= 15 is 0 Å². The minimum atomic E-state index is -3.63. The van der Waals surface area contributed by atoms with E-state index in [0.29, 0.717) is 44.7 Å². The zero-order chi connectivity index (χ0) is 23.0. The van der Waals surface area contributed by atoms with Gasteiger partial charge in [-0.3, -0.25) is 14.5 Å². The fourth-order valence-corrected chi connectivity index (χ4v) is 6.01. The molecule has 3 heterocycles. The van der Waals surface area contributed by atoms with Crippen LogP contribution in [-0.2, 0) is 14.8 Å². The third-order valence-corrected chi connectivity index (χ3v) is 8.36. The van der Waals surface area contributed by atoms with Crippen molar-refractivity contribution in [3.05, 3.63) is 60.3 Å². The molecule has 0 aliphatic carbocycles. The van der Waals surface area contributed by atoms with Crippen LogP contribution in [0.25, 0.3) is 10.9 Å². The molecule has 0 atom stereocenters. The number of piperazine rings is 1. The Labute approximate surface area is 192 Å². The molecule has 2 fully saturated rings. The number of Topliss-reactive ketones (excluding diaryl/α,β-unsaturated/α-hetero) is 1. The molecule has 2 aliphatic heterocycles. The van der Waals surface area contributed by atoms with Gasteiger partial charge in [-0.15, -0.1) is 0 Å². The summed E-state index contributed by atoms with van der Waals surface area (Å²) in [6, 6.07) is 14.2. The Balaban J connectivity index is 1.21. The van der Waals surface area contributed by atoms with Gasteiger partial charge in [0.05, 0.1) is 11.4 Å². The number of carbonyl (C=O) groups is 2. The van der Waals surface area contributed by atoms with E-state index in [1.165, 1.54) is 4.31 Å². The summed E-state index contributed by atoms with van der Waals surface area (Å²) < 4.78 is 27.7. The molecule has 3 aromatic rings. The SMILES string of the molecule is O=C(CN1CCN(S(=O)(=O)c2ccc(N3CCCC3=O)cc2)CC1)c1c[nH]c2ccccc12. The molecule has 9 heteroatoms. The number of benzene rings is 2. The highest BCUT2D eigenvalue weighted by Gasteiger charge is 2.30. The van der Waals surface area contributed by atoms with Gasteiger partial charge in [-0.25, -0.2) is 8.42 Å². The van der Waals surface area contributed by atoms with E-state index in [2.05, 4.69) is 4.98 Å². The standard InChI is InChI=1S/C24H26N4O4S/c29-23(21-16-25-22-5-2-1-4-20(21)22)17-26-12-14-27(15-13-26)33(31,32)19-9-7-18(8-10-19)28-11-3-6-24(28)30/h1-2,4-5,7-10,16,25H,3,6,11-15,17H2. The average Bonchev–Trinajstić information content (AvgIpc) is 3.46. The minimum absolute atomic E-state index is 0.0239. The topological polar surface area (TPSA) is 93.8 Å². The van der Waals surface area contributed by atoms with Crippen molar-refractivity contribution in [3.8, 4) is 0 Å². The number of ketones is 1. The first-order chi connectivity index (χ1) is 15.9. The summed E-state index contributed by atoms with van der Waals surface area (Å²) in [4.78, 5) is 31.8. The van der Waals surface area contributed by atoms with Crippen LogP contribution in [0, 0.1) is 0 Å². The molecule has 8 nitrogen and oxygen atoms in total. The highest BCUT2D eigenvalue weighted by atomic mass is 32.2. The molecule has 0 unspecified atom stereocenters. The van der Waals surface area contributed by atoms with E-state index in [1.54, 1.807) is 35.4 Å². The molecule has 1 N–H and O–H groups in total. The summed E-state index contributed by atoms with van der Waals surface area (Å²) in [5.41, 5.74) is 2.33. The fraction of sp³-hybridized carbons (Fsp3) is 0.333. The third-order valence-electron chi connectivity index (χ3n) is 6.45. The Bertz CT molecular complexity index is 1290. The summed E-state index contributed by atoms with van der Waals surface area (Å²) in [5, 5.41) is 0.905. The van der Waals surface area contributed by atoms with Crippen molar-refractivity contribution in [3.63, 3.8) is 0 Å². The van der Waals surface area contributed by atoms with Gasteiger partial charge < -0.3 is 9.88 Å². The van der Waals surface area contributed by atoms with E-state index in [0.717, 1.165) is 23.0 Å². The van der Waals surface area contributed by atoms with Crippen LogP contribution in [0.1, 0.15) is 23.2 Å². The van der Waals surface area contributed by atoms with Crippen molar-refractivity contribution in [1.82, 2.24) is 14.2 Å². The fourth-order valence-electron chi connectivity index (χ4n) is 4.59. The Hall–Kier alpha value is -3.01. The number of hydrogen-bond donors (Lipinski definition) is 1. The highest BCUT2D eigenvalue weighted by Crippen LogP contribution is 2.25. The largest absolute Gasteiger partial charge is 0.360 e. The zero-order valence-electron chi connectivity index (χ0n) is 18.2. The Kier molecular flexibility index (Phi) is 5.77. The van der Waals surface area contributed by atoms with Crippen LogP contribution in [0.2, 0.25) is 0 Å². The second kappa shape index (κ2) is 8.74. The lowest BCUT2D eigenvalue weighted by molar-refractivity contribution is -0.117. The van der Waals surface area contributed by atoms with Crippen LogP contribution in [-0.4, -0.2) is 73.6 Å².